The molecule has 5 rings (SSSR count). The van der Waals surface area contributed by atoms with Gasteiger partial charge in [-0.1, -0.05) is 24.3 Å². The lowest BCUT2D eigenvalue weighted by Crippen LogP contribution is -2.41. The zero-order valence-electron chi connectivity index (χ0n) is 17.8. The fourth-order valence-corrected chi connectivity index (χ4v) is 4.36. The number of halogens is 1. The van der Waals surface area contributed by atoms with E-state index in [-0.39, 0.29) is 11.9 Å². The van der Waals surface area contributed by atoms with Crippen LogP contribution in [0.15, 0.2) is 65.7 Å². The fraction of sp³-hybridized carbons (Fsp3) is 0.200. The van der Waals surface area contributed by atoms with E-state index < -0.39 is 11.4 Å². The number of methoxy groups -OCH3 is 1. The summed E-state index contributed by atoms with van der Waals surface area (Å²) >= 11 is 0. The van der Waals surface area contributed by atoms with Crippen molar-refractivity contribution in [3.8, 4) is 22.6 Å². The number of nitrogens with zero attached hydrogens (tertiary/aromatic N) is 2. The maximum atomic E-state index is 14.9. The number of benzene rings is 3. The number of hydrogen-bond acceptors (Lipinski definition) is 5. The van der Waals surface area contributed by atoms with Gasteiger partial charge in [0.1, 0.15) is 17.3 Å². The van der Waals surface area contributed by atoms with E-state index in [1.165, 1.54) is 11.0 Å². The molecule has 1 unspecified atom stereocenters. The van der Waals surface area contributed by atoms with Crippen molar-refractivity contribution in [1.82, 2.24) is 4.90 Å². The number of carbonyl (C=O) groups excluding carboxylic acids is 1. The Bertz CT molecular complexity index is 1270. The maximum absolute atomic E-state index is 14.9. The zero-order chi connectivity index (χ0) is 22.5. The molecule has 2 N–H and O–H groups in total. The van der Waals surface area contributed by atoms with Gasteiger partial charge < -0.3 is 15.2 Å². The van der Waals surface area contributed by atoms with Crippen molar-refractivity contribution in [1.29, 1.82) is 0 Å². The summed E-state index contributed by atoms with van der Waals surface area (Å²) in [5.74, 6) is 0.821. The lowest BCUT2D eigenvalue weighted by atomic mass is 9.81. The Morgan fingerprint density at radius 2 is 1.91 bits per heavy atom. The van der Waals surface area contributed by atoms with Crippen molar-refractivity contribution in [2.45, 2.75) is 12.0 Å². The van der Waals surface area contributed by atoms with Crippen LogP contribution in [0.2, 0.25) is 0 Å². The van der Waals surface area contributed by atoms with Gasteiger partial charge in [-0.05, 0) is 58.7 Å². The van der Waals surface area contributed by atoms with Crippen molar-refractivity contribution in [3.63, 3.8) is 0 Å². The molecule has 0 fully saturated rings. The van der Waals surface area contributed by atoms with Gasteiger partial charge in [-0.15, -0.1) is 0 Å². The van der Waals surface area contributed by atoms with Gasteiger partial charge in [0.05, 0.1) is 13.7 Å². The lowest BCUT2D eigenvalue weighted by Gasteiger charge is -2.27. The normalized spacial score (nSPS) is 19.5. The zero-order valence-corrected chi connectivity index (χ0v) is 17.8. The van der Waals surface area contributed by atoms with Crippen molar-refractivity contribution in [2.75, 3.05) is 20.8 Å². The minimum atomic E-state index is -1.40. The Morgan fingerprint density at radius 3 is 2.66 bits per heavy atom. The predicted molar refractivity (Wildman–Crippen MR) is 119 cm³/mol. The quantitative estimate of drug-likeness (QED) is 0.686. The number of likely N-dealkylation sites (N-methyl/N-ethyl adjacent to an activating group) is 1. The molecule has 1 amide bonds. The molecule has 0 radical (unpaired) electrons. The van der Waals surface area contributed by atoms with Gasteiger partial charge >= 0.3 is 0 Å². The lowest BCUT2D eigenvalue weighted by molar-refractivity contribution is -0.129. The van der Waals surface area contributed by atoms with Crippen molar-refractivity contribution < 1.29 is 18.7 Å². The average molecular weight is 431 g/mol. The molecular weight excluding hydrogens is 409 g/mol. The minimum absolute atomic E-state index is 0.110. The van der Waals surface area contributed by atoms with Crippen LogP contribution in [0.25, 0.3) is 11.1 Å². The highest BCUT2D eigenvalue weighted by Gasteiger charge is 2.50. The fourth-order valence-electron chi connectivity index (χ4n) is 4.36. The van der Waals surface area contributed by atoms with Crippen LogP contribution in [0.5, 0.6) is 11.5 Å². The van der Waals surface area contributed by atoms with Crippen LogP contribution in [0.3, 0.4) is 0 Å². The molecule has 3 aromatic rings. The van der Waals surface area contributed by atoms with Crippen LogP contribution in [0, 0.1) is 5.82 Å². The van der Waals surface area contributed by atoms with E-state index in [2.05, 4.69) is 4.99 Å². The van der Waals surface area contributed by atoms with Gasteiger partial charge in [-0.3, -0.25) is 9.69 Å². The number of amides is 1. The Balaban J connectivity index is 1.73. The highest BCUT2D eigenvalue weighted by Crippen LogP contribution is 2.43. The first-order chi connectivity index (χ1) is 15.4. The molecule has 2 aliphatic heterocycles. The second-order valence-corrected chi connectivity index (χ2v) is 7.89. The van der Waals surface area contributed by atoms with E-state index in [4.69, 9.17) is 15.2 Å². The molecule has 0 saturated carbocycles. The Kier molecular flexibility index (Phi) is 4.62. The molecule has 32 heavy (non-hydrogen) atoms. The Morgan fingerprint density at radius 1 is 1.12 bits per heavy atom. The number of guanidine groups is 1. The van der Waals surface area contributed by atoms with E-state index in [9.17, 15) is 9.18 Å². The molecule has 7 heteroatoms. The first-order valence-electron chi connectivity index (χ1n) is 10.3. The molecule has 0 bridgehead atoms. The van der Waals surface area contributed by atoms with Crippen molar-refractivity contribution >= 4 is 11.9 Å². The van der Waals surface area contributed by atoms with E-state index in [1.54, 1.807) is 50.6 Å². The van der Waals surface area contributed by atoms with Gasteiger partial charge in [0, 0.05) is 19.0 Å². The van der Waals surface area contributed by atoms with Crippen LogP contribution in [-0.4, -0.2) is 37.5 Å². The summed E-state index contributed by atoms with van der Waals surface area (Å²) in [6.07, 6.45) is 0.751. The molecule has 2 heterocycles. The van der Waals surface area contributed by atoms with Crippen LogP contribution in [-0.2, 0) is 16.8 Å². The van der Waals surface area contributed by atoms with Gasteiger partial charge in [0.2, 0.25) is 0 Å². The van der Waals surface area contributed by atoms with Crippen LogP contribution in [0.1, 0.15) is 16.7 Å². The molecule has 3 aromatic carbocycles. The highest BCUT2D eigenvalue weighted by atomic mass is 19.1. The standard InChI is InChI=1S/C25H22FN3O3/c1-29-23(30)25(28-24(29)27,17-7-9-22-16(12-17)10-11-32-22)18-6-8-21(26)20(14-18)15-4-3-5-19(13-15)31-2/h3-9,12-14H,10-11H2,1-2H3,(H2,27,28). The second kappa shape index (κ2) is 7.37. The third kappa shape index (κ3) is 2.92. The van der Waals surface area contributed by atoms with Crippen molar-refractivity contribution in [3.05, 3.63) is 83.2 Å². The van der Waals surface area contributed by atoms with Crippen LogP contribution < -0.4 is 15.2 Å². The summed E-state index contributed by atoms with van der Waals surface area (Å²) in [6, 6.07) is 17.4. The second-order valence-electron chi connectivity index (χ2n) is 7.89. The molecular formula is C25H22FN3O3. The van der Waals surface area contributed by atoms with Crippen LogP contribution in [0.4, 0.5) is 4.39 Å². The number of rotatable bonds is 4. The summed E-state index contributed by atoms with van der Waals surface area (Å²) in [4.78, 5) is 19.5. The number of carbonyl (C=O) groups is 1. The number of nitrogens with two attached hydrogens (primary N) is 1. The summed E-state index contributed by atoms with van der Waals surface area (Å²) in [6.45, 7) is 0.599. The Hall–Kier alpha value is -3.87. The molecule has 0 saturated heterocycles. The minimum Gasteiger partial charge on any atom is -0.497 e. The van der Waals surface area contributed by atoms with Gasteiger partial charge in [0.15, 0.2) is 11.5 Å². The summed E-state index contributed by atoms with van der Waals surface area (Å²) in [5.41, 5.74) is 7.88. The molecule has 2 aliphatic rings. The number of aliphatic imine (C=N–C) groups is 1. The van der Waals surface area contributed by atoms with E-state index in [1.807, 2.05) is 18.2 Å². The van der Waals surface area contributed by atoms with Crippen molar-refractivity contribution in [2.24, 2.45) is 10.7 Å². The van der Waals surface area contributed by atoms with Crippen LogP contribution >= 0.6 is 0 Å². The predicted octanol–water partition coefficient (Wildman–Crippen LogP) is 3.47. The third-order valence-electron chi connectivity index (χ3n) is 6.11. The molecule has 6 nitrogen and oxygen atoms in total. The van der Waals surface area contributed by atoms with E-state index in [0.717, 1.165) is 17.7 Å². The first kappa shape index (κ1) is 20.1. The molecule has 1 atom stereocenters. The number of hydrogen-bond donors (Lipinski definition) is 1. The Labute approximate surface area is 185 Å². The molecule has 0 aliphatic carbocycles. The SMILES string of the molecule is COc1cccc(-c2cc(C3(c4ccc5c(c4)CCO5)N=C(N)N(C)C3=O)ccc2F)c1. The summed E-state index contributed by atoms with van der Waals surface area (Å²) in [7, 11) is 3.15. The highest BCUT2D eigenvalue weighted by molar-refractivity contribution is 6.09. The average Bonchev–Trinajstić information content (AvgIpc) is 3.38. The topological polar surface area (TPSA) is 77.2 Å². The summed E-state index contributed by atoms with van der Waals surface area (Å²) < 4.78 is 25.8. The monoisotopic (exact) mass is 431 g/mol. The van der Waals surface area contributed by atoms with Gasteiger partial charge in [0.25, 0.3) is 5.91 Å². The van der Waals surface area contributed by atoms with Gasteiger partial charge in [-0.2, -0.15) is 0 Å². The first-order valence-corrected chi connectivity index (χ1v) is 10.3. The molecule has 0 spiro atoms. The maximum Gasteiger partial charge on any atom is 0.266 e. The van der Waals surface area contributed by atoms with Gasteiger partial charge in [-0.25, -0.2) is 9.38 Å². The largest absolute Gasteiger partial charge is 0.497 e. The third-order valence-corrected chi connectivity index (χ3v) is 6.11. The smallest absolute Gasteiger partial charge is 0.266 e. The van der Waals surface area contributed by atoms with E-state index >= 15 is 0 Å². The molecule has 0 aromatic heterocycles. The summed E-state index contributed by atoms with van der Waals surface area (Å²) in [5, 5.41) is 0. The number of ether oxygens (including phenoxy) is 2. The molecule has 162 valence electrons. The van der Waals surface area contributed by atoms with E-state index in [0.29, 0.717) is 34.6 Å². The number of fused-ring (bicyclic) bond motifs is 1.